The second kappa shape index (κ2) is 8.77. The molecule has 0 aliphatic carbocycles. The molecule has 0 bridgehead atoms. The maximum atomic E-state index is 12.6. The van der Waals surface area contributed by atoms with E-state index in [2.05, 4.69) is 5.32 Å². The quantitative estimate of drug-likeness (QED) is 0.744. The molecule has 7 nitrogen and oxygen atoms in total. The Morgan fingerprint density at radius 1 is 1.07 bits per heavy atom. The van der Waals surface area contributed by atoms with E-state index in [-0.39, 0.29) is 6.54 Å². The lowest BCUT2D eigenvalue weighted by atomic mass is 10.2. The molecule has 0 spiro atoms. The molecule has 1 atom stereocenters. The lowest BCUT2D eigenvalue weighted by Crippen LogP contribution is -2.47. The molecule has 0 radical (unpaired) electrons. The first-order valence-electron chi connectivity index (χ1n) is 8.31. The van der Waals surface area contributed by atoms with Crippen LogP contribution in [0.5, 0.6) is 11.5 Å². The van der Waals surface area contributed by atoms with E-state index in [0.29, 0.717) is 17.2 Å². The summed E-state index contributed by atoms with van der Waals surface area (Å²) in [5.41, 5.74) is 1.19. The molecule has 0 heterocycles. The summed E-state index contributed by atoms with van der Waals surface area (Å²) < 4.78 is 36.0. The van der Waals surface area contributed by atoms with Crippen LogP contribution < -0.4 is 19.1 Å². The summed E-state index contributed by atoms with van der Waals surface area (Å²) in [6.07, 6.45) is 1.07. The zero-order chi connectivity index (χ0) is 20.0. The van der Waals surface area contributed by atoms with E-state index >= 15 is 0 Å². The number of hydrogen-bond acceptors (Lipinski definition) is 5. The fourth-order valence-corrected chi connectivity index (χ4v) is 3.89. The second-order valence-corrected chi connectivity index (χ2v) is 7.82. The molecule has 0 saturated heterocycles. The number of rotatable bonds is 8. The summed E-state index contributed by atoms with van der Waals surface area (Å²) in [7, 11) is -0.592. The van der Waals surface area contributed by atoms with Gasteiger partial charge in [-0.2, -0.15) is 0 Å². The number of carbonyl (C=O) groups is 1. The van der Waals surface area contributed by atoms with Gasteiger partial charge in [-0.05, 0) is 37.3 Å². The summed E-state index contributed by atoms with van der Waals surface area (Å²) in [5, 5.41) is 2.77. The number of anilines is 1. The molecule has 0 unspecified atom stereocenters. The molecular weight excluding hydrogens is 368 g/mol. The summed E-state index contributed by atoms with van der Waals surface area (Å²) in [5.74, 6) is 0.836. The van der Waals surface area contributed by atoms with E-state index < -0.39 is 22.0 Å². The van der Waals surface area contributed by atoms with E-state index in [1.165, 1.54) is 7.11 Å². The number of nitrogens with zero attached hydrogens (tertiary/aromatic N) is 1. The van der Waals surface area contributed by atoms with Gasteiger partial charge in [0.05, 0.1) is 26.2 Å². The summed E-state index contributed by atoms with van der Waals surface area (Å²) in [6.45, 7) is 1.77. The van der Waals surface area contributed by atoms with Crippen molar-refractivity contribution >= 4 is 21.6 Å². The largest absolute Gasteiger partial charge is 0.497 e. The minimum absolute atomic E-state index is 0.230. The number of para-hydroxylation sites is 1. The third-order valence-electron chi connectivity index (χ3n) is 4.06. The minimum Gasteiger partial charge on any atom is -0.497 e. The molecule has 0 aromatic heterocycles. The van der Waals surface area contributed by atoms with Crippen molar-refractivity contribution in [1.29, 1.82) is 0 Å². The topological polar surface area (TPSA) is 84.9 Å². The van der Waals surface area contributed by atoms with Crippen LogP contribution in [0.3, 0.4) is 0 Å². The number of hydrogen-bond donors (Lipinski definition) is 1. The maximum absolute atomic E-state index is 12.6. The van der Waals surface area contributed by atoms with Crippen molar-refractivity contribution in [2.45, 2.75) is 19.5 Å². The molecule has 0 fully saturated rings. The fraction of sp³-hybridized carbons (Fsp3) is 0.316. The van der Waals surface area contributed by atoms with Gasteiger partial charge in [-0.15, -0.1) is 0 Å². The van der Waals surface area contributed by atoms with Gasteiger partial charge < -0.3 is 14.8 Å². The Bertz CT molecular complexity index is 881. The van der Waals surface area contributed by atoms with Crippen LogP contribution >= 0.6 is 0 Å². The van der Waals surface area contributed by atoms with Crippen LogP contribution in [-0.2, 0) is 21.4 Å². The molecule has 8 heteroatoms. The van der Waals surface area contributed by atoms with Crippen LogP contribution in [0.4, 0.5) is 5.69 Å². The first-order chi connectivity index (χ1) is 12.8. The molecule has 1 N–H and O–H groups in total. The smallest absolute Gasteiger partial charge is 0.243 e. The van der Waals surface area contributed by atoms with Gasteiger partial charge in [0.25, 0.3) is 0 Å². The van der Waals surface area contributed by atoms with Crippen LogP contribution in [0.2, 0.25) is 0 Å². The van der Waals surface area contributed by atoms with Crippen LogP contribution in [0.1, 0.15) is 12.5 Å². The number of sulfonamides is 1. The highest BCUT2D eigenvalue weighted by molar-refractivity contribution is 7.92. The van der Waals surface area contributed by atoms with Gasteiger partial charge in [0.2, 0.25) is 15.9 Å². The van der Waals surface area contributed by atoms with Crippen LogP contribution in [0.15, 0.2) is 48.5 Å². The van der Waals surface area contributed by atoms with E-state index in [1.54, 1.807) is 44.4 Å². The van der Waals surface area contributed by atoms with Crippen molar-refractivity contribution in [3.05, 3.63) is 54.1 Å². The van der Waals surface area contributed by atoms with Crippen LogP contribution in [0.25, 0.3) is 0 Å². The number of methoxy groups -OCH3 is 2. The van der Waals surface area contributed by atoms with Crippen molar-refractivity contribution in [3.63, 3.8) is 0 Å². The Morgan fingerprint density at radius 3 is 2.26 bits per heavy atom. The number of amides is 1. The molecule has 1 amide bonds. The first kappa shape index (κ1) is 20.6. The SMILES string of the molecule is COc1ccc(N([C@H](C)C(=O)NCc2ccccc2OC)S(C)(=O)=O)cc1. The Hall–Kier alpha value is -2.74. The number of ether oxygens (including phenoxy) is 2. The molecule has 2 aromatic carbocycles. The van der Waals surface area contributed by atoms with Crippen molar-refractivity contribution in [2.75, 3.05) is 24.8 Å². The Balaban J connectivity index is 2.19. The van der Waals surface area contributed by atoms with E-state index in [0.717, 1.165) is 16.1 Å². The van der Waals surface area contributed by atoms with Crippen molar-refractivity contribution < 1.29 is 22.7 Å². The maximum Gasteiger partial charge on any atom is 0.243 e. The highest BCUT2D eigenvalue weighted by Crippen LogP contribution is 2.24. The van der Waals surface area contributed by atoms with Crippen molar-refractivity contribution in [2.24, 2.45) is 0 Å². The predicted octanol–water partition coefficient (Wildman–Crippen LogP) is 2.17. The summed E-state index contributed by atoms with van der Waals surface area (Å²) in [6, 6.07) is 12.9. The van der Waals surface area contributed by atoms with Crippen molar-refractivity contribution in [3.8, 4) is 11.5 Å². The molecule has 2 aromatic rings. The number of benzene rings is 2. The first-order valence-corrected chi connectivity index (χ1v) is 10.2. The van der Waals surface area contributed by atoms with Gasteiger partial charge in [0, 0.05) is 12.1 Å². The zero-order valence-corrected chi connectivity index (χ0v) is 16.6. The summed E-state index contributed by atoms with van der Waals surface area (Å²) >= 11 is 0. The highest BCUT2D eigenvalue weighted by Gasteiger charge is 2.29. The average Bonchev–Trinajstić information content (AvgIpc) is 2.65. The minimum atomic E-state index is -3.67. The average molecular weight is 392 g/mol. The second-order valence-electron chi connectivity index (χ2n) is 5.96. The van der Waals surface area contributed by atoms with Gasteiger partial charge in [0.1, 0.15) is 17.5 Å². The van der Waals surface area contributed by atoms with Gasteiger partial charge in [-0.25, -0.2) is 8.42 Å². The fourth-order valence-electron chi connectivity index (χ4n) is 2.72. The van der Waals surface area contributed by atoms with E-state index in [1.807, 2.05) is 18.2 Å². The van der Waals surface area contributed by atoms with Gasteiger partial charge in [-0.3, -0.25) is 9.10 Å². The molecule has 146 valence electrons. The van der Waals surface area contributed by atoms with E-state index in [9.17, 15) is 13.2 Å². The molecule has 0 aliphatic heterocycles. The third-order valence-corrected chi connectivity index (χ3v) is 5.30. The molecule has 0 saturated carbocycles. The van der Waals surface area contributed by atoms with Crippen LogP contribution in [-0.4, -0.2) is 40.8 Å². The Labute approximate surface area is 160 Å². The number of carbonyl (C=O) groups excluding carboxylic acids is 1. The normalized spacial score (nSPS) is 12.1. The molecule has 2 rings (SSSR count). The zero-order valence-electron chi connectivity index (χ0n) is 15.8. The summed E-state index contributed by atoms with van der Waals surface area (Å²) in [4.78, 5) is 12.6. The molecule has 27 heavy (non-hydrogen) atoms. The molecular formula is C19H24N2O5S. The number of nitrogens with one attached hydrogen (secondary N) is 1. The van der Waals surface area contributed by atoms with Gasteiger partial charge in [0.15, 0.2) is 0 Å². The van der Waals surface area contributed by atoms with E-state index in [4.69, 9.17) is 9.47 Å². The predicted molar refractivity (Wildman–Crippen MR) is 105 cm³/mol. The Kier molecular flexibility index (Phi) is 6.68. The third kappa shape index (κ3) is 5.13. The standard InChI is InChI=1S/C19H24N2O5S/c1-14(19(22)20-13-15-7-5-6-8-18(15)26-3)21(27(4,23)24)16-9-11-17(25-2)12-10-16/h5-12,14H,13H2,1-4H3,(H,20,22)/t14-/m1/s1. The highest BCUT2D eigenvalue weighted by atomic mass is 32.2. The lowest BCUT2D eigenvalue weighted by Gasteiger charge is -2.28. The molecule has 0 aliphatic rings. The lowest BCUT2D eigenvalue weighted by molar-refractivity contribution is -0.122. The monoisotopic (exact) mass is 392 g/mol. The van der Waals surface area contributed by atoms with Gasteiger partial charge >= 0.3 is 0 Å². The van der Waals surface area contributed by atoms with Gasteiger partial charge in [-0.1, -0.05) is 18.2 Å². The van der Waals surface area contributed by atoms with Crippen molar-refractivity contribution in [1.82, 2.24) is 5.32 Å². The Morgan fingerprint density at radius 2 is 1.70 bits per heavy atom. The van der Waals surface area contributed by atoms with Crippen LogP contribution in [0, 0.1) is 0 Å².